The number of hydrogen-bond donors (Lipinski definition) is 0. The maximum Gasteiger partial charge on any atom is 0.323 e. The van der Waals surface area contributed by atoms with Crippen LogP contribution in [-0.2, 0) is 42.1 Å². The third kappa shape index (κ3) is 3.72. The second-order valence-corrected chi connectivity index (χ2v) is 9.38. The summed E-state index contributed by atoms with van der Waals surface area (Å²) in [6.07, 6.45) is 0.397. The van der Waals surface area contributed by atoms with Crippen molar-refractivity contribution >= 4 is 40.1 Å². The van der Waals surface area contributed by atoms with Crippen molar-refractivity contribution in [2.75, 3.05) is 21.3 Å². The van der Waals surface area contributed by atoms with Gasteiger partial charge in [0, 0.05) is 40.9 Å². The molecule has 0 amide bonds. The summed E-state index contributed by atoms with van der Waals surface area (Å²) in [5.41, 5.74) is 1.39. The number of aromatic nitrogens is 1. The van der Waals surface area contributed by atoms with E-state index in [2.05, 4.69) is 4.57 Å². The monoisotopic (exact) mass is 469 g/mol. The third-order valence-corrected chi connectivity index (χ3v) is 7.77. The van der Waals surface area contributed by atoms with Gasteiger partial charge in [0.25, 0.3) is 0 Å². The van der Waals surface area contributed by atoms with E-state index in [1.54, 1.807) is 11.3 Å². The minimum atomic E-state index is -1.65. The van der Waals surface area contributed by atoms with Crippen LogP contribution in [0.5, 0.6) is 0 Å². The molecule has 7 nitrogen and oxygen atoms in total. The average Bonchev–Trinajstić information content (AvgIpc) is 3.45. The Balaban J connectivity index is 2.05. The van der Waals surface area contributed by atoms with Crippen LogP contribution in [0.2, 0.25) is 0 Å². The van der Waals surface area contributed by atoms with E-state index in [4.69, 9.17) is 14.2 Å². The summed E-state index contributed by atoms with van der Waals surface area (Å²) in [4.78, 5) is 40.3. The molecule has 0 spiro atoms. The SMILES string of the molecule is COC(=O)[C@H]1Cc2c(c3ccccc3n2C)[C@@H](c2cccs2)CC(C(=O)OC)(C(=O)OC)C1. The molecule has 2 atom stereocenters. The lowest BCUT2D eigenvalue weighted by Gasteiger charge is -2.36. The average molecular weight is 470 g/mol. The molecule has 0 fully saturated rings. The molecule has 1 aliphatic carbocycles. The van der Waals surface area contributed by atoms with Crippen LogP contribution in [-0.4, -0.2) is 43.8 Å². The maximum atomic E-state index is 13.2. The largest absolute Gasteiger partial charge is 0.469 e. The first-order chi connectivity index (χ1) is 15.9. The first-order valence-electron chi connectivity index (χ1n) is 10.7. The molecule has 2 aromatic heterocycles. The van der Waals surface area contributed by atoms with Crippen LogP contribution in [0.4, 0.5) is 0 Å². The van der Waals surface area contributed by atoms with Gasteiger partial charge in [0.2, 0.25) is 0 Å². The highest BCUT2D eigenvalue weighted by atomic mass is 32.1. The molecule has 0 radical (unpaired) electrons. The van der Waals surface area contributed by atoms with Crippen LogP contribution in [0.25, 0.3) is 10.9 Å². The molecular weight excluding hydrogens is 442 g/mol. The van der Waals surface area contributed by atoms with E-state index in [1.165, 1.54) is 21.3 Å². The molecule has 0 N–H and O–H groups in total. The molecule has 2 heterocycles. The van der Waals surface area contributed by atoms with Gasteiger partial charge < -0.3 is 18.8 Å². The fourth-order valence-corrected chi connectivity index (χ4v) is 6.08. The summed E-state index contributed by atoms with van der Waals surface area (Å²) in [7, 11) is 5.80. The maximum absolute atomic E-state index is 13.2. The lowest BCUT2D eigenvalue weighted by molar-refractivity contribution is -0.172. The summed E-state index contributed by atoms with van der Waals surface area (Å²) in [5, 5.41) is 3.01. The molecule has 1 aromatic carbocycles. The van der Waals surface area contributed by atoms with Crippen LogP contribution < -0.4 is 0 Å². The van der Waals surface area contributed by atoms with Crippen molar-refractivity contribution < 1.29 is 28.6 Å². The summed E-state index contributed by atoms with van der Waals surface area (Å²) >= 11 is 1.57. The number of benzene rings is 1. The molecule has 33 heavy (non-hydrogen) atoms. The third-order valence-electron chi connectivity index (χ3n) is 6.78. The molecule has 8 heteroatoms. The molecule has 3 aromatic rings. The number of hydrogen-bond acceptors (Lipinski definition) is 7. The number of methoxy groups -OCH3 is 3. The molecule has 1 aliphatic rings. The first-order valence-corrected chi connectivity index (χ1v) is 11.6. The van der Waals surface area contributed by atoms with Gasteiger partial charge in [-0.25, -0.2) is 0 Å². The van der Waals surface area contributed by atoms with Crippen molar-refractivity contribution in [1.29, 1.82) is 0 Å². The van der Waals surface area contributed by atoms with Crippen molar-refractivity contribution in [1.82, 2.24) is 4.57 Å². The van der Waals surface area contributed by atoms with Gasteiger partial charge in [-0.05, 0) is 35.9 Å². The van der Waals surface area contributed by atoms with Crippen LogP contribution in [0.1, 0.15) is 34.9 Å². The van der Waals surface area contributed by atoms with Crippen molar-refractivity contribution in [2.24, 2.45) is 18.4 Å². The van der Waals surface area contributed by atoms with Crippen molar-refractivity contribution in [3.63, 3.8) is 0 Å². The topological polar surface area (TPSA) is 83.8 Å². The standard InChI is InChI=1S/C25H27NO6S/c1-26-18-9-6-5-8-16(18)21-17(20-10-7-11-33-20)14-25(23(28)31-3,24(29)32-4)13-15(12-19(21)26)22(27)30-2/h5-11,15,17H,12-14H2,1-4H3/t15-,17+/m0/s1. The van der Waals surface area contributed by atoms with Crippen LogP contribution in [0.3, 0.4) is 0 Å². The minimum absolute atomic E-state index is 0.0537. The Morgan fingerprint density at radius 2 is 1.67 bits per heavy atom. The van der Waals surface area contributed by atoms with Gasteiger partial charge in [-0.3, -0.25) is 14.4 Å². The molecule has 174 valence electrons. The Hall–Kier alpha value is -3.13. The predicted molar refractivity (Wildman–Crippen MR) is 124 cm³/mol. The van der Waals surface area contributed by atoms with Gasteiger partial charge in [-0.15, -0.1) is 11.3 Å². The van der Waals surface area contributed by atoms with E-state index in [-0.39, 0.29) is 18.8 Å². The molecule has 0 saturated carbocycles. The highest BCUT2D eigenvalue weighted by Crippen LogP contribution is 2.49. The van der Waals surface area contributed by atoms with Crippen LogP contribution in [0, 0.1) is 11.3 Å². The Labute approximate surface area is 196 Å². The number of ether oxygens (including phenoxy) is 3. The van der Waals surface area contributed by atoms with E-state index in [0.29, 0.717) is 6.42 Å². The highest BCUT2D eigenvalue weighted by Gasteiger charge is 2.54. The van der Waals surface area contributed by atoms with E-state index in [0.717, 1.165) is 27.0 Å². The Bertz CT molecular complexity index is 1180. The van der Waals surface area contributed by atoms with Gasteiger partial charge in [0.15, 0.2) is 5.41 Å². The fourth-order valence-electron chi connectivity index (χ4n) is 5.24. The van der Waals surface area contributed by atoms with Crippen molar-refractivity contribution in [3.05, 3.63) is 57.9 Å². The van der Waals surface area contributed by atoms with Crippen LogP contribution in [0.15, 0.2) is 41.8 Å². The smallest absolute Gasteiger partial charge is 0.323 e. The summed E-state index contributed by atoms with van der Waals surface area (Å²) in [6, 6.07) is 12.0. The quantitative estimate of drug-likeness (QED) is 0.328. The molecule has 0 aliphatic heterocycles. The van der Waals surface area contributed by atoms with E-state index in [9.17, 15) is 14.4 Å². The summed E-state index contributed by atoms with van der Waals surface area (Å²) in [5.74, 6) is -2.86. The number of aryl methyl sites for hydroxylation is 1. The van der Waals surface area contributed by atoms with E-state index < -0.39 is 29.2 Å². The minimum Gasteiger partial charge on any atom is -0.469 e. The lowest BCUT2D eigenvalue weighted by Crippen LogP contribution is -2.46. The highest BCUT2D eigenvalue weighted by molar-refractivity contribution is 7.10. The van der Waals surface area contributed by atoms with Crippen molar-refractivity contribution in [2.45, 2.75) is 25.2 Å². The van der Waals surface area contributed by atoms with Gasteiger partial charge in [-0.1, -0.05) is 24.3 Å². The number of carbonyl (C=O) groups excluding carboxylic acids is 3. The Morgan fingerprint density at radius 3 is 2.27 bits per heavy atom. The zero-order valence-corrected chi connectivity index (χ0v) is 19.9. The Morgan fingerprint density at radius 1 is 0.970 bits per heavy atom. The number of thiophene rings is 1. The lowest BCUT2D eigenvalue weighted by atomic mass is 9.67. The first kappa shape index (κ1) is 23.0. The molecule has 0 saturated heterocycles. The van der Waals surface area contributed by atoms with Gasteiger partial charge in [-0.2, -0.15) is 0 Å². The molecular formula is C25H27NO6S. The number of nitrogens with zero attached hydrogens (tertiary/aromatic N) is 1. The number of rotatable bonds is 4. The zero-order chi connectivity index (χ0) is 23.8. The normalized spacial score (nSPS) is 19.8. The predicted octanol–water partition coefficient (Wildman–Crippen LogP) is 3.83. The van der Waals surface area contributed by atoms with Gasteiger partial charge in [0.1, 0.15) is 0 Å². The fraction of sp³-hybridized carbons (Fsp3) is 0.400. The number of fused-ring (bicyclic) bond motifs is 3. The van der Waals surface area contributed by atoms with E-state index >= 15 is 0 Å². The second kappa shape index (κ2) is 9.02. The van der Waals surface area contributed by atoms with E-state index in [1.807, 2.05) is 48.8 Å². The number of carbonyl (C=O) groups is 3. The summed E-state index contributed by atoms with van der Waals surface area (Å²) < 4.78 is 17.4. The van der Waals surface area contributed by atoms with Gasteiger partial charge in [0.05, 0.1) is 27.2 Å². The van der Waals surface area contributed by atoms with Crippen molar-refractivity contribution in [3.8, 4) is 0 Å². The van der Waals surface area contributed by atoms with Crippen LogP contribution >= 0.6 is 11.3 Å². The molecule has 4 rings (SSSR count). The van der Waals surface area contributed by atoms with Gasteiger partial charge >= 0.3 is 17.9 Å². The molecule has 0 unspecified atom stereocenters. The Kier molecular flexibility index (Phi) is 6.30. The zero-order valence-electron chi connectivity index (χ0n) is 19.1. The number of para-hydroxylation sites is 1. The molecule has 0 bridgehead atoms. The summed E-state index contributed by atoms with van der Waals surface area (Å²) in [6.45, 7) is 0. The second-order valence-electron chi connectivity index (χ2n) is 8.40. The number of esters is 3.